The lowest BCUT2D eigenvalue weighted by molar-refractivity contribution is 0.284. The Kier molecular flexibility index (Phi) is 5.65. The lowest BCUT2D eigenvalue weighted by atomic mass is 10.2. The molecule has 2 rings (SSSR count). The molecule has 4 nitrogen and oxygen atoms in total. The summed E-state index contributed by atoms with van der Waals surface area (Å²) in [6, 6.07) is 4.08. The number of hydrogen-bond acceptors (Lipinski definition) is 4. The Morgan fingerprint density at radius 2 is 1.81 bits per heavy atom. The van der Waals surface area contributed by atoms with E-state index in [1.54, 1.807) is 12.5 Å². The monoisotopic (exact) mass is 290 g/mol. The molecule has 0 saturated heterocycles. The average molecular weight is 290 g/mol. The Labute approximate surface area is 127 Å². The zero-order valence-electron chi connectivity index (χ0n) is 13.5. The molecule has 0 unspecified atom stereocenters. The van der Waals surface area contributed by atoms with Crippen LogP contribution in [-0.4, -0.2) is 18.5 Å². The van der Waals surface area contributed by atoms with Gasteiger partial charge in [-0.3, -0.25) is 4.90 Å². The number of aryl methyl sites for hydroxylation is 1. The summed E-state index contributed by atoms with van der Waals surface area (Å²) in [5.41, 5.74) is 2.47. The Morgan fingerprint density at radius 1 is 1.10 bits per heavy atom. The van der Waals surface area contributed by atoms with Gasteiger partial charge < -0.3 is 14.2 Å². The van der Waals surface area contributed by atoms with Crippen LogP contribution >= 0.6 is 0 Å². The fraction of sp³-hybridized carbons (Fsp3) is 0.529. The molecule has 0 amide bonds. The standard InChI is InChI=1S/C17H26N2O2/c1-13(2)9-18-10-15-5-8-21-17(15)12-19(4)11-16-6-7-20-14(16)3/h5-8,13,18H,9-12H2,1-4H3. The molecule has 0 aliphatic heterocycles. The molecule has 21 heavy (non-hydrogen) atoms. The molecule has 0 radical (unpaired) electrons. The second kappa shape index (κ2) is 7.48. The number of nitrogens with one attached hydrogen (secondary N) is 1. The molecule has 0 aromatic carbocycles. The second-order valence-corrected chi connectivity index (χ2v) is 6.07. The SMILES string of the molecule is Cc1occc1CN(C)Cc1occc1CNCC(C)C. The summed E-state index contributed by atoms with van der Waals surface area (Å²) in [6.07, 6.45) is 3.52. The van der Waals surface area contributed by atoms with Crippen LogP contribution in [0.3, 0.4) is 0 Å². The lowest BCUT2D eigenvalue weighted by Crippen LogP contribution is -2.21. The summed E-state index contributed by atoms with van der Waals surface area (Å²) in [7, 11) is 2.10. The predicted molar refractivity (Wildman–Crippen MR) is 83.9 cm³/mol. The molecule has 0 saturated carbocycles. The van der Waals surface area contributed by atoms with E-state index in [1.807, 2.05) is 13.0 Å². The molecule has 0 aliphatic rings. The van der Waals surface area contributed by atoms with Gasteiger partial charge in [0.25, 0.3) is 0 Å². The van der Waals surface area contributed by atoms with E-state index < -0.39 is 0 Å². The summed E-state index contributed by atoms with van der Waals surface area (Å²) in [5, 5.41) is 3.46. The minimum Gasteiger partial charge on any atom is -0.469 e. The summed E-state index contributed by atoms with van der Waals surface area (Å²) >= 11 is 0. The number of nitrogens with zero attached hydrogens (tertiary/aromatic N) is 1. The summed E-state index contributed by atoms with van der Waals surface area (Å²) in [5.74, 6) is 2.68. The molecule has 0 atom stereocenters. The van der Waals surface area contributed by atoms with E-state index in [1.165, 1.54) is 11.1 Å². The van der Waals surface area contributed by atoms with Crippen LogP contribution in [0.1, 0.15) is 36.5 Å². The number of furan rings is 2. The highest BCUT2D eigenvalue weighted by molar-refractivity contribution is 5.18. The zero-order chi connectivity index (χ0) is 15.2. The van der Waals surface area contributed by atoms with Gasteiger partial charge in [0, 0.05) is 24.2 Å². The van der Waals surface area contributed by atoms with Crippen LogP contribution in [0.5, 0.6) is 0 Å². The fourth-order valence-electron chi connectivity index (χ4n) is 2.33. The van der Waals surface area contributed by atoms with Gasteiger partial charge in [-0.15, -0.1) is 0 Å². The Balaban J connectivity index is 1.87. The van der Waals surface area contributed by atoms with Gasteiger partial charge in [0.15, 0.2) is 0 Å². The lowest BCUT2D eigenvalue weighted by Gasteiger charge is -2.16. The Morgan fingerprint density at radius 3 is 2.48 bits per heavy atom. The van der Waals surface area contributed by atoms with Gasteiger partial charge >= 0.3 is 0 Å². The quantitative estimate of drug-likeness (QED) is 0.807. The van der Waals surface area contributed by atoms with Crippen LogP contribution < -0.4 is 5.32 Å². The Hall–Kier alpha value is -1.52. The topological polar surface area (TPSA) is 41.6 Å². The van der Waals surface area contributed by atoms with Crippen LogP contribution in [0.15, 0.2) is 33.5 Å². The highest BCUT2D eigenvalue weighted by atomic mass is 16.3. The Bertz CT molecular complexity index is 542. The minimum atomic E-state index is 0.659. The van der Waals surface area contributed by atoms with Crippen LogP contribution in [0.2, 0.25) is 0 Å². The smallest absolute Gasteiger partial charge is 0.122 e. The van der Waals surface area contributed by atoms with Crippen molar-refractivity contribution in [3.05, 3.63) is 47.3 Å². The molecular formula is C17H26N2O2. The van der Waals surface area contributed by atoms with Gasteiger partial charge in [0.1, 0.15) is 11.5 Å². The van der Waals surface area contributed by atoms with Crippen LogP contribution in [0.25, 0.3) is 0 Å². The maximum absolute atomic E-state index is 5.64. The minimum absolute atomic E-state index is 0.659. The summed E-state index contributed by atoms with van der Waals surface area (Å²) in [6.45, 7) is 9.97. The fourth-order valence-corrected chi connectivity index (χ4v) is 2.33. The zero-order valence-corrected chi connectivity index (χ0v) is 13.5. The van der Waals surface area contributed by atoms with Crippen molar-refractivity contribution >= 4 is 0 Å². The molecule has 0 spiro atoms. The number of hydrogen-bond donors (Lipinski definition) is 1. The first-order chi connectivity index (χ1) is 10.1. The third-order valence-corrected chi connectivity index (χ3v) is 3.53. The van der Waals surface area contributed by atoms with Crippen molar-refractivity contribution in [2.45, 2.75) is 40.4 Å². The van der Waals surface area contributed by atoms with E-state index in [2.05, 4.69) is 37.2 Å². The first-order valence-electron chi connectivity index (χ1n) is 7.53. The molecule has 0 bridgehead atoms. The highest BCUT2D eigenvalue weighted by Gasteiger charge is 2.11. The molecule has 116 valence electrons. The van der Waals surface area contributed by atoms with Crippen LogP contribution in [0.4, 0.5) is 0 Å². The van der Waals surface area contributed by atoms with Crippen molar-refractivity contribution in [2.75, 3.05) is 13.6 Å². The third kappa shape index (κ3) is 4.76. The summed E-state index contributed by atoms with van der Waals surface area (Å²) in [4.78, 5) is 2.24. The molecule has 4 heteroatoms. The molecule has 1 N–H and O–H groups in total. The van der Waals surface area contributed by atoms with Gasteiger partial charge in [-0.05, 0) is 38.6 Å². The first kappa shape index (κ1) is 15.9. The molecular weight excluding hydrogens is 264 g/mol. The summed E-state index contributed by atoms with van der Waals surface area (Å²) < 4.78 is 11.0. The number of rotatable bonds is 8. The molecule has 2 aromatic rings. The molecule has 0 aliphatic carbocycles. The van der Waals surface area contributed by atoms with E-state index in [4.69, 9.17) is 8.83 Å². The van der Waals surface area contributed by atoms with E-state index >= 15 is 0 Å². The van der Waals surface area contributed by atoms with Gasteiger partial charge in [0.2, 0.25) is 0 Å². The van der Waals surface area contributed by atoms with Crippen molar-refractivity contribution in [1.82, 2.24) is 10.2 Å². The van der Waals surface area contributed by atoms with Crippen LogP contribution in [0, 0.1) is 12.8 Å². The predicted octanol–water partition coefficient (Wildman–Crippen LogP) is 3.56. The van der Waals surface area contributed by atoms with Gasteiger partial charge in [-0.2, -0.15) is 0 Å². The second-order valence-electron chi connectivity index (χ2n) is 6.07. The van der Waals surface area contributed by atoms with Gasteiger partial charge in [0.05, 0.1) is 19.1 Å². The maximum atomic E-state index is 5.64. The molecule has 0 fully saturated rings. The van der Waals surface area contributed by atoms with E-state index in [0.717, 1.165) is 37.7 Å². The van der Waals surface area contributed by atoms with Crippen molar-refractivity contribution in [3.63, 3.8) is 0 Å². The van der Waals surface area contributed by atoms with E-state index in [-0.39, 0.29) is 0 Å². The van der Waals surface area contributed by atoms with Crippen molar-refractivity contribution in [2.24, 2.45) is 5.92 Å². The third-order valence-electron chi connectivity index (χ3n) is 3.53. The van der Waals surface area contributed by atoms with Gasteiger partial charge in [-0.25, -0.2) is 0 Å². The molecule has 2 aromatic heterocycles. The largest absolute Gasteiger partial charge is 0.469 e. The van der Waals surface area contributed by atoms with Crippen molar-refractivity contribution in [3.8, 4) is 0 Å². The van der Waals surface area contributed by atoms with Crippen molar-refractivity contribution in [1.29, 1.82) is 0 Å². The first-order valence-corrected chi connectivity index (χ1v) is 7.53. The average Bonchev–Trinajstić information content (AvgIpc) is 3.00. The van der Waals surface area contributed by atoms with Gasteiger partial charge in [-0.1, -0.05) is 13.8 Å². The molecule has 2 heterocycles. The normalized spacial score (nSPS) is 11.7. The highest BCUT2D eigenvalue weighted by Crippen LogP contribution is 2.16. The van der Waals surface area contributed by atoms with Crippen LogP contribution in [-0.2, 0) is 19.6 Å². The van der Waals surface area contributed by atoms with E-state index in [9.17, 15) is 0 Å². The van der Waals surface area contributed by atoms with E-state index in [0.29, 0.717) is 5.92 Å². The maximum Gasteiger partial charge on any atom is 0.122 e. The van der Waals surface area contributed by atoms with Crippen molar-refractivity contribution < 1.29 is 8.83 Å².